The minimum absolute atomic E-state index is 0.855. The van der Waals surface area contributed by atoms with E-state index in [1.54, 1.807) is 14.2 Å². The minimum Gasteiger partial charge on any atom is -0.496 e. The van der Waals surface area contributed by atoms with Crippen LogP contribution >= 0.6 is 0 Å². The fraction of sp³-hybridized carbons (Fsp3) is 0.0909. The summed E-state index contributed by atoms with van der Waals surface area (Å²) in [4.78, 5) is 0. The van der Waals surface area contributed by atoms with E-state index in [1.165, 1.54) is 32.3 Å². The minimum atomic E-state index is 0.855. The van der Waals surface area contributed by atoms with Crippen LogP contribution in [0.4, 0.5) is 0 Å². The Labute approximate surface area is 139 Å². The molecule has 0 bridgehead atoms. The van der Waals surface area contributed by atoms with E-state index in [1.807, 2.05) is 0 Å². The van der Waals surface area contributed by atoms with Gasteiger partial charge in [0.1, 0.15) is 11.5 Å². The molecule has 0 saturated heterocycles. The molecule has 0 amide bonds. The van der Waals surface area contributed by atoms with Crippen LogP contribution in [0.2, 0.25) is 0 Å². The van der Waals surface area contributed by atoms with Crippen LogP contribution in [-0.4, -0.2) is 14.2 Å². The van der Waals surface area contributed by atoms with E-state index < -0.39 is 0 Å². The summed E-state index contributed by atoms with van der Waals surface area (Å²) in [5, 5.41) is 9.55. The van der Waals surface area contributed by atoms with Gasteiger partial charge in [0.2, 0.25) is 0 Å². The summed E-state index contributed by atoms with van der Waals surface area (Å²) in [6.45, 7) is 0. The fourth-order valence-corrected chi connectivity index (χ4v) is 4.00. The van der Waals surface area contributed by atoms with Crippen LogP contribution in [0.25, 0.3) is 43.1 Å². The number of fused-ring (bicyclic) bond motifs is 2. The highest BCUT2D eigenvalue weighted by Crippen LogP contribution is 2.48. The third-order valence-electron chi connectivity index (χ3n) is 4.97. The summed E-state index contributed by atoms with van der Waals surface area (Å²) in [5.74, 6) is 1.74. The molecule has 0 aromatic heterocycles. The molecule has 5 aromatic carbocycles. The molecule has 0 aliphatic heterocycles. The first kappa shape index (κ1) is 13.4. The molecule has 0 saturated carbocycles. The summed E-state index contributed by atoms with van der Waals surface area (Å²) >= 11 is 0. The van der Waals surface area contributed by atoms with Crippen LogP contribution < -0.4 is 9.47 Å². The van der Waals surface area contributed by atoms with Gasteiger partial charge in [0.25, 0.3) is 0 Å². The van der Waals surface area contributed by atoms with Gasteiger partial charge in [0, 0.05) is 10.8 Å². The summed E-state index contributed by atoms with van der Waals surface area (Å²) in [6.07, 6.45) is 0. The predicted molar refractivity (Wildman–Crippen MR) is 101 cm³/mol. The lowest BCUT2D eigenvalue weighted by atomic mass is 9.90. The van der Waals surface area contributed by atoms with Crippen molar-refractivity contribution >= 4 is 43.1 Å². The van der Waals surface area contributed by atoms with E-state index in [4.69, 9.17) is 9.47 Å². The van der Waals surface area contributed by atoms with E-state index in [0.717, 1.165) is 22.3 Å². The first-order valence-electron chi connectivity index (χ1n) is 8.03. The smallest absolute Gasteiger partial charge is 0.138 e. The van der Waals surface area contributed by atoms with Crippen LogP contribution in [0.15, 0.2) is 60.7 Å². The number of benzene rings is 5. The van der Waals surface area contributed by atoms with Gasteiger partial charge >= 0.3 is 0 Å². The maximum Gasteiger partial charge on any atom is 0.138 e. The Hall–Kier alpha value is -3.00. The summed E-state index contributed by atoms with van der Waals surface area (Å²) in [7, 11) is 3.46. The SMILES string of the molecule is COc1cc2cccc3ccc4c5ccccc5c(OC)c1c4c32. The second-order valence-corrected chi connectivity index (χ2v) is 6.10. The van der Waals surface area contributed by atoms with Gasteiger partial charge < -0.3 is 9.47 Å². The first-order valence-corrected chi connectivity index (χ1v) is 8.03. The van der Waals surface area contributed by atoms with Crippen LogP contribution in [0.3, 0.4) is 0 Å². The second kappa shape index (κ2) is 4.75. The molecule has 0 unspecified atom stereocenters. The molecule has 0 heterocycles. The highest BCUT2D eigenvalue weighted by Gasteiger charge is 2.19. The first-order chi connectivity index (χ1) is 11.8. The van der Waals surface area contributed by atoms with E-state index in [0.29, 0.717) is 0 Å². The fourth-order valence-electron chi connectivity index (χ4n) is 4.00. The second-order valence-electron chi connectivity index (χ2n) is 6.10. The zero-order valence-electron chi connectivity index (χ0n) is 13.6. The van der Waals surface area contributed by atoms with Crippen LogP contribution in [-0.2, 0) is 0 Å². The average molecular weight is 312 g/mol. The molecule has 2 heteroatoms. The Morgan fingerprint density at radius 1 is 0.583 bits per heavy atom. The summed E-state index contributed by atoms with van der Waals surface area (Å²) in [6, 6.07) is 21.3. The Kier molecular flexibility index (Phi) is 2.66. The molecule has 0 radical (unpaired) electrons. The van der Waals surface area contributed by atoms with Crippen molar-refractivity contribution in [1.29, 1.82) is 0 Å². The van der Waals surface area contributed by atoms with Gasteiger partial charge in [-0.1, -0.05) is 54.6 Å². The van der Waals surface area contributed by atoms with E-state index in [-0.39, 0.29) is 0 Å². The summed E-state index contributed by atoms with van der Waals surface area (Å²) < 4.78 is 11.6. The zero-order valence-corrected chi connectivity index (χ0v) is 13.6. The number of ether oxygens (including phenoxy) is 2. The molecule has 5 rings (SSSR count). The Bertz CT molecular complexity index is 1220. The van der Waals surface area contributed by atoms with E-state index >= 15 is 0 Å². The maximum atomic E-state index is 5.85. The Morgan fingerprint density at radius 2 is 1.38 bits per heavy atom. The third-order valence-corrected chi connectivity index (χ3v) is 4.97. The van der Waals surface area contributed by atoms with E-state index in [2.05, 4.69) is 60.7 Å². The highest BCUT2D eigenvalue weighted by molar-refractivity contribution is 6.32. The van der Waals surface area contributed by atoms with E-state index in [9.17, 15) is 0 Å². The van der Waals surface area contributed by atoms with Crippen molar-refractivity contribution in [2.24, 2.45) is 0 Å². The third kappa shape index (κ3) is 1.55. The number of hydrogen-bond donors (Lipinski definition) is 0. The van der Waals surface area contributed by atoms with Crippen molar-refractivity contribution < 1.29 is 9.47 Å². The molecule has 0 fully saturated rings. The summed E-state index contributed by atoms with van der Waals surface area (Å²) in [5.41, 5.74) is 0. The molecule has 5 aromatic rings. The molecule has 116 valence electrons. The molecule has 2 nitrogen and oxygen atoms in total. The van der Waals surface area contributed by atoms with Gasteiger partial charge in [0.15, 0.2) is 0 Å². The van der Waals surface area contributed by atoms with Crippen LogP contribution in [0.5, 0.6) is 11.5 Å². The lowest BCUT2D eigenvalue weighted by Gasteiger charge is -2.19. The number of rotatable bonds is 2. The van der Waals surface area contributed by atoms with Crippen molar-refractivity contribution in [3.63, 3.8) is 0 Å². The van der Waals surface area contributed by atoms with Gasteiger partial charge in [-0.05, 0) is 33.0 Å². The van der Waals surface area contributed by atoms with Gasteiger partial charge in [-0.25, -0.2) is 0 Å². The largest absolute Gasteiger partial charge is 0.496 e. The van der Waals surface area contributed by atoms with Crippen molar-refractivity contribution in [2.75, 3.05) is 14.2 Å². The van der Waals surface area contributed by atoms with Crippen molar-refractivity contribution in [1.82, 2.24) is 0 Å². The van der Waals surface area contributed by atoms with Gasteiger partial charge in [-0.3, -0.25) is 0 Å². The van der Waals surface area contributed by atoms with Crippen molar-refractivity contribution in [3.8, 4) is 11.5 Å². The molecule has 0 N–H and O–H groups in total. The van der Waals surface area contributed by atoms with Gasteiger partial charge in [-0.2, -0.15) is 0 Å². The zero-order chi connectivity index (χ0) is 16.3. The standard InChI is InChI=1S/C22H16O2/c1-23-18-12-14-7-5-6-13-10-11-16-15-8-3-4-9-17(15)22(24-2)21(18)20(16)19(13)14/h3-12H,1-2H3. The van der Waals surface area contributed by atoms with Gasteiger partial charge in [-0.15, -0.1) is 0 Å². The van der Waals surface area contributed by atoms with Crippen molar-refractivity contribution in [3.05, 3.63) is 60.7 Å². The monoisotopic (exact) mass is 312 g/mol. The molecule has 0 atom stereocenters. The lowest BCUT2D eigenvalue weighted by Crippen LogP contribution is -1.94. The predicted octanol–water partition coefficient (Wildman–Crippen LogP) is 5.75. The quantitative estimate of drug-likeness (QED) is 0.305. The molecular weight excluding hydrogens is 296 g/mol. The van der Waals surface area contributed by atoms with Crippen molar-refractivity contribution in [2.45, 2.75) is 0 Å². The van der Waals surface area contributed by atoms with Crippen LogP contribution in [0, 0.1) is 0 Å². The Balaban J connectivity index is 2.23. The molecule has 0 aliphatic carbocycles. The molecule has 24 heavy (non-hydrogen) atoms. The highest BCUT2D eigenvalue weighted by atomic mass is 16.5. The lowest BCUT2D eigenvalue weighted by molar-refractivity contribution is 0.408. The normalized spacial score (nSPS) is 11.8. The van der Waals surface area contributed by atoms with Crippen LogP contribution in [0.1, 0.15) is 0 Å². The molecular formula is C22H16O2. The van der Waals surface area contributed by atoms with Gasteiger partial charge in [0.05, 0.1) is 19.6 Å². The maximum absolute atomic E-state index is 5.85. The number of methoxy groups -OCH3 is 2. The number of hydrogen-bond acceptors (Lipinski definition) is 2. The molecule has 0 aliphatic rings. The topological polar surface area (TPSA) is 18.5 Å². The molecule has 0 spiro atoms. The average Bonchev–Trinajstić information content (AvgIpc) is 2.65. The Morgan fingerprint density at radius 3 is 2.17 bits per heavy atom.